The molecule has 0 aliphatic heterocycles. The van der Waals surface area contributed by atoms with E-state index >= 15 is 0 Å². The first kappa shape index (κ1) is 17.0. The molecule has 2 aromatic rings. The molecule has 2 amide bonds. The molecule has 0 bridgehead atoms. The summed E-state index contributed by atoms with van der Waals surface area (Å²) in [6.45, 7) is 3.08. The Hall–Kier alpha value is -3.36. The highest BCUT2D eigenvalue weighted by Crippen LogP contribution is 2.37. The number of aromatic nitrogens is 2. The lowest BCUT2D eigenvalue weighted by Crippen LogP contribution is -2.20. The third kappa shape index (κ3) is 3.05. The van der Waals surface area contributed by atoms with E-state index in [2.05, 4.69) is 15.3 Å². The zero-order chi connectivity index (χ0) is 18.0. The number of nitrogens with two attached hydrogens (primary N) is 1. The second kappa shape index (κ2) is 6.41. The SMILES string of the molecule is COc1cnc(C)nc1C(=O)Nc1c(O)c(C)cc(O)c1C(N)=O. The highest BCUT2D eigenvalue weighted by molar-refractivity contribution is 6.11. The Morgan fingerprint density at radius 2 is 1.96 bits per heavy atom. The van der Waals surface area contributed by atoms with Crippen LogP contribution in [-0.2, 0) is 0 Å². The quantitative estimate of drug-likeness (QED) is 0.479. The van der Waals surface area contributed by atoms with E-state index < -0.39 is 23.1 Å². The molecule has 1 heterocycles. The van der Waals surface area contributed by atoms with Crippen molar-refractivity contribution in [1.29, 1.82) is 0 Å². The number of ether oxygens (including phenoxy) is 1. The number of amides is 2. The maximum absolute atomic E-state index is 12.5. The van der Waals surface area contributed by atoms with E-state index in [1.54, 1.807) is 6.92 Å². The average molecular weight is 332 g/mol. The largest absolute Gasteiger partial charge is 0.507 e. The normalized spacial score (nSPS) is 10.3. The fourth-order valence-electron chi connectivity index (χ4n) is 2.10. The van der Waals surface area contributed by atoms with Crippen LogP contribution in [0.15, 0.2) is 12.3 Å². The lowest BCUT2D eigenvalue weighted by atomic mass is 10.1. The molecule has 0 saturated heterocycles. The number of benzene rings is 1. The minimum absolute atomic E-state index is 0.0965. The number of carbonyl (C=O) groups is 2. The van der Waals surface area contributed by atoms with Crippen molar-refractivity contribution in [2.75, 3.05) is 12.4 Å². The summed E-state index contributed by atoms with van der Waals surface area (Å²) in [5.74, 6) is -2.19. The smallest absolute Gasteiger partial charge is 0.278 e. The number of phenolic OH excluding ortho intramolecular Hbond substituents is 1. The van der Waals surface area contributed by atoms with Crippen LogP contribution in [0.25, 0.3) is 0 Å². The molecule has 9 heteroatoms. The molecule has 0 unspecified atom stereocenters. The van der Waals surface area contributed by atoms with Gasteiger partial charge in [-0.15, -0.1) is 0 Å². The predicted octanol–water partition coefficient (Wildman–Crippen LogP) is 0.864. The Bertz CT molecular complexity index is 835. The monoisotopic (exact) mass is 332 g/mol. The van der Waals surface area contributed by atoms with E-state index in [1.165, 1.54) is 26.3 Å². The number of nitrogens with one attached hydrogen (secondary N) is 1. The molecule has 0 atom stereocenters. The molecule has 0 aliphatic rings. The van der Waals surface area contributed by atoms with Gasteiger partial charge in [0.1, 0.15) is 28.6 Å². The van der Waals surface area contributed by atoms with Crippen LogP contribution in [0.3, 0.4) is 0 Å². The van der Waals surface area contributed by atoms with Crippen LogP contribution < -0.4 is 15.8 Å². The zero-order valence-corrected chi connectivity index (χ0v) is 13.2. The molecule has 0 aliphatic carbocycles. The number of carbonyl (C=O) groups excluding carboxylic acids is 2. The molecule has 0 fully saturated rings. The van der Waals surface area contributed by atoms with Crippen molar-refractivity contribution < 1.29 is 24.5 Å². The molecule has 5 N–H and O–H groups in total. The number of methoxy groups -OCH3 is 1. The van der Waals surface area contributed by atoms with Crippen LogP contribution >= 0.6 is 0 Å². The highest BCUT2D eigenvalue weighted by Gasteiger charge is 2.24. The van der Waals surface area contributed by atoms with Crippen LogP contribution in [0, 0.1) is 13.8 Å². The number of rotatable bonds is 4. The molecular weight excluding hydrogens is 316 g/mol. The first-order chi connectivity index (χ1) is 11.3. The first-order valence-corrected chi connectivity index (χ1v) is 6.80. The van der Waals surface area contributed by atoms with Gasteiger partial charge in [0.25, 0.3) is 11.8 Å². The maximum Gasteiger partial charge on any atom is 0.278 e. The molecule has 0 radical (unpaired) electrons. The van der Waals surface area contributed by atoms with Gasteiger partial charge in [-0.05, 0) is 25.5 Å². The molecule has 0 spiro atoms. The number of nitrogens with zero attached hydrogens (tertiary/aromatic N) is 2. The van der Waals surface area contributed by atoms with Crippen molar-refractivity contribution in [3.63, 3.8) is 0 Å². The van der Waals surface area contributed by atoms with E-state index in [4.69, 9.17) is 10.5 Å². The number of aromatic hydroxyl groups is 2. The minimum atomic E-state index is -1.01. The number of aryl methyl sites for hydroxylation is 2. The van der Waals surface area contributed by atoms with Crippen molar-refractivity contribution in [3.8, 4) is 17.2 Å². The summed E-state index contributed by atoms with van der Waals surface area (Å²) in [7, 11) is 1.34. The zero-order valence-electron chi connectivity index (χ0n) is 13.2. The van der Waals surface area contributed by atoms with E-state index in [9.17, 15) is 19.8 Å². The van der Waals surface area contributed by atoms with Gasteiger partial charge >= 0.3 is 0 Å². The molecule has 126 valence electrons. The summed E-state index contributed by atoms with van der Waals surface area (Å²) in [6, 6.07) is 1.17. The highest BCUT2D eigenvalue weighted by atomic mass is 16.5. The van der Waals surface area contributed by atoms with Crippen LogP contribution in [0.1, 0.15) is 32.2 Å². The summed E-state index contributed by atoms with van der Waals surface area (Å²) in [5, 5.41) is 22.4. The Labute approximate surface area is 137 Å². The molecule has 0 saturated carbocycles. The Balaban J connectivity index is 2.54. The van der Waals surface area contributed by atoms with Gasteiger partial charge in [-0.2, -0.15) is 0 Å². The van der Waals surface area contributed by atoms with Crippen LogP contribution in [0.4, 0.5) is 5.69 Å². The lowest BCUT2D eigenvalue weighted by Gasteiger charge is -2.15. The number of anilines is 1. The molecule has 2 rings (SSSR count). The van der Waals surface area contributed by atoms with Crippen LogP contribution in [0.2, 0.25) is 0 Å². The van der Waals surface area contributed by atoms with Crippen molar-refractivity contribution in [2.24, 2.45) is 5.73 Å². The van der Waals surface area contributed by atoms with Gasteiger partial charge in [0.05, 0.1) is 13.3 Å². The molecule has 24 heavy (non-hydrogen) atoms. The van der Waals surface area contributed by atoms with E-state index in [0.717, 1.165) is 0 Å². The van der Waals surface area contributed by atoms with E-state index in [0.29, 0.717) is 5.82 Å². The summed E-state index contributed by atoms with van der Waals surface area (Å²) >= 11 is 0. The van der Waals surface area contributed by atoms with Gasteiger partial charge < -0.3 is 26.0 Å². The predicted molar refractivity (Wildman–Crippen MR) is 84.3 cm³/mol. The van der Waals surface area contributed by atoms with Crippen molar-refractivity contribution >= 4 is 17.5 Å². The number of phenols is 2. The van der Waals surface area contributed by atoms with Gasteiger partial charge in [0.15, 0.2) is 11.4 Å². The summed E-state index contributed by atoms with van der Waals surface area (Å²) < 4.78 is 5.03. The standard InChI is InChI=1S/C15H16N4O5/c1-6-4-8(20)10(14(16)22)12(13(6)21)19-15(23)11-9(24-3)5-17-7(2)18-11/h4-5,20-21H,1-3H3,(H2,16,22)(H,19,23). The number of hydrogen-bond donors (Lipinski definition) is 4. The Morgan fingerprint density at radius 1 is 1.29 bits per heavy atom. The van der Waals surface area contributed by atoms with Gasteiger partial charge in [0, 0.05) is 0 Å². The van der Waals surface area contributed by atoms with Gasteiger partial charge in [-0.25, -0.2) is 9.97 Å². The lowest BCUT2D eigenvalue weighted by molar-refractivity contribution is 0.0998. The molecule has 9 nitrogen and oxygen atoms in total. The minimum Gasteiger partial charge on any atom is -0.507 e. The van der Waals surface area contributed by atoms with Gasteiger partial charge in [-0.3, -0.25) is 9.59 Å². The van der Waals surface area contributed by atoms with Crippen LogP contribution in [-0.4, -0.2) is 39.1 Å². The third-order valence-electron chi connectivity index (χ3n) is 3.27. The fourth-order valence-corrected chi connectivity index (χ4v) is 2.10. The second-order valence-corrected chi connectivity index (χ2v) is 4.96. The molecule has 1 aromatic heterocycles. The summed E-state index contributed by atoms with van der Waals surface area (Å²) in [6.07, 6.45) is 1.32. The van der Waals surface area contributed by atoms with E-state index in [1.807, 2.05) is 0 Å². The molecular formula is C15H16N4O5. The van der Waals surface area contributed by atoms with Crippen molar-refractivity contribution in [3.05, 3.63) is 34.9 Å². The van der Waals surface area contributed by atoms with Gasteiger partial charge in [0.2, 0.25) is 0 Å². The average Bonchev–Trinajstić information content (AvgIpc) is 2.51. The Kier molecular flexibility index (Phi) is 4.54. The number of primary amides is 1. The van der Waals surface area contributed by atoms with Crippen molar-refractivity contribution in [1.82, 2.24) is 9.97 Å². The van der Waals surface area contributed by atoms with Gasteiger partial charge in [-0.1, -0.05) is 0 Å². The fraction of sp³-hybridized carbons (Fsp3) is 0.200. The first-order valence-electron chi connectivity index (χ1n) is 6.80. The maximum atomic E-state index is 12.5. The van der Waals surface area contributed by atoms with Crippen molar-refractivity contribution in [2.45, 2.75) is 13.8 Å². The summed E-state index contributed by atoms with van der Waals surface area (Å²) in [4.78, 5) is 31.9. The molecule has 1 aromatic carbocycles. The van der Waals surface area contributed by atoms with Crippen LogP contribution in [0.5, 0.6) is 17.2 Å². The second-order valence-electron chi connectivity index (χ2n) is 4.96. The van der Waals surface area contributed by atoms with E-state index in [-0.39, 0.29) is 28.4 Å². The third-order valence-corrected chi connectivity index (χ3v) is 3.27. The summed E-state index contributed by atoms with van der Waals surface area (Å²) in [5.41, 5.74) is 4.66. The Morgan fingerprint density at radius 3 is 2.54 bits per heavy atom. The number of hydrogen-bond acceptors (Lipinski definition) is 7. The topological polar surface area (TPSA) is 148 Å².